The third-order valence-electron chi connectivity index (χ3n) is 5.97. The summed E-state index contributed by atoms with van der Waals surface area (Å²) in [6, 6.07) is 7.73. The number of hydrogen-bond donors (Lipinski definition) is 0. The molecule has 0 saturated carbocycles. The number of hydrogen-bond acceptors (Lipinski definition) is 7. The molecule has 0 unspecified atom stereocenters. The van der Waals surface area contributed by atoms with E-state index in [1.165, 1.54) is 0 Å². The minimum absolute atomic E-state index is 0.107. The predicted molar refractivity (Wildman–Crippen MR) is 112 cm³/mol. The molecular formula is C22H23N7O2. The van der Waals surface area contributed by atoms with Gasteiger partial charge in [0.2, 0.25) is 5.91 Å². The molecule has 9 nitrogen and oxygen atoms in total. The molecule has 1 aliphatic heterocycles. The Morgan fingerprint density at radius 3 is 2.71 bits per heavy atom. The average molecular weight is 417 g/mol. The molecule has 158 valence electrons. The number of aromatic nitrogens is 6. The molecule has 1 saturated heterocycles. The Hall–Kier alpha value is -3.62. The second kappa shape index (κ2) is 7.90. The van der Waals surface area contributed by atoms with E-state index < -0.39 is 0 Å². The third-order valence-corrected chi connectivity index (χ3v) is 5.97. The number of amides is 1. The van der Waals surface area contributed by atoms with E-state index >= 15 is 0 Å². The maximum atomic E-state index is 12.8. The van der Waals surface area contributed by atoms with Crippen molar-refractivity contribution >= 4 is 11.6 Å². The van der Waals surface area contributed by atoms with Crippen LogP contribution in [-0.2, 0) is 11.2 Å². The van der Waals surface area contributed by atoms with Gasteiger partial charge in [0.1, 0.15) is 5.76 Å². The van der Waals surface area contributed by atoms with Gasteiger partial charge in [-0.15, -0.1) is 10.2 Å². The number of carbonyl (C=O) groups is 1. The summed E-state index contributed by atoms with van der Waals surface area (Å²) < 4.78 is 7.01. The molecule has 0 N–H and O–H groups in total. The van der Waals surface area contributed by atoms with Gasteiger partial charge in [0.15, 0.2) is 11.5 Å². The summed E-state index contributed by atoms with van der Waals surface area (Å²) in [6.45, 7) is 5.08. The Balaban J connectivity index is 1.31. The summed E-state index contributed by atoms with van der Waals surface area (Å²) >= 11 is 0. The third kappa shape index (κ3) is 3.67. The van der Waals surface area contributed by atoms with Crippen molar-refractivity contribution < 1.29 is 9.32 Å². The minimum atomic E-state index is 0.107. The maximum Gasteiger partial charge on any atom is 0.227 e. The number of likely N-dealkylation sites (tertiary alicyclic amines) is 1. The van der Waals surface area contributed by atoms with Gasteiger partial charge in [-0.1, -0.05) is 5.16 Å². The molecule has 1 fully saturated rings. The number of fused-ring (bicyclic) bond motifs is 1. The van der Waals surface area contributed by atoms with Gasteiger partial charge < -0.3 is 9.42 Å². The highest BCUT2D eigenvalue weighted by Crippen LogP contribution is 2.28. The molecule has 9 heteroatoms. The molecule has 5 heterocycles. The Morgan fingerprint density at radius 2 is 2.00 bits per heavy atom. The van der Waals surface area contributed by atoms with Crippen LogP contribution in [0.15, 0.2) is 41.2 Å². The highest BCUT2D eigenvalue weighted by molar-refractivity contribution is 5.79. The number of carbonyl (C=O) groups excluding carboxylic acids is 1. The van der Waals surface area contributed by atoms with Crippen molar-refractivity contribution in [3.8, 4) is 11.3 Å². The second-order valence-electron chi connectivity index (χ2n) is 7.92. The number of rotatable bonds is 4. The summed E-state index contributed by atoms with van der Waals surface area (Å²) in [5.41, 5.74) is 4.17. The lowest BCUT2D eigenvalue weighted by atomic mass is 9.95. The topological polar surface area (TPSA) is 102 Å². The lowest BCUT2D eigenvalue weighted by Gasteiger charge is -2.31. The van der Waals surface area contributed by atoms with E-state index in [0.29, 0.717) is 25.3 Å². The maximum absolute atomic E-state index is 12.8. The number of pyridine rings is 1. The lowest BCUT2D eigenvalue weighted by Crippen LogP contribution is -2.39. The predicted octanol–water partition coefficient (Wildman–Crippen LogP) is 2.74. The van der Waals surface area contributed by atoms with Crippen molar-refractivity contribution in [3.05, 3.63) is 59.5 Å². The second-order valence-corrected chi connectivity index (χ2v) is 7.92. The monoisotopic (exact) mass is 417 g/mol. The normalized spacial score (nSPS) is 15.0. The van der Waals surface area contributed by atoms with Gasteiger partial charge in [-0.2, -0.15) is 9.61 Å². The van der Waals surface area contributed by atoms with Crippen molar-refractivity contribution in [2.75, 3.05) is 13.1 Å². The summed E-state index contributed by atoms with van der Waals surface area (Å²) in [4.78, 5) is 18.9. The van der Waals surface area contributed by atoms with Gasteiger partial charge >= 0.3 is 0 Å². The first kappa shape index (κ1) is 19.3. The van der Waals surface area contributed by atoms with Crippen LogP contribution in [-0.4, -0.2) is 53.8 Å². The van der Waals surface area contributed by atoms with E-state index in [1.54, 1.807) is 12.4 Å². The molecule has 0 aliphatic carbocycles. The van der Waals surface area contributed by atoms with Gasteiger partial charge in [0, 0.05) is 42.5 Å². The van der Waals surface area contributed by atoms with Crippen molar-refractivity contribution in [3.63, 3.8) is 0 Å². The first-order valence-electron chi connectivity index (χ1n) is 10.4. The Kier molecular flexibility index (Phi) is 4.93. The fourth-order valence-electron chi connectivity index (χ4n) is 4.13. The number of aryl methyl sites for hydroxylation is 2. The van der Waals surface area contributed by atoms with E-state index in [0.717, 1.165) is 46.8 Å². The molecule has 31 heavy (non-hydrogen) atoms. The van der Waals surface area contributed by atoms with Crippen LogP contribution in [0.3, 0.4) is 0 Å². The summed E-state index contributed by atoms with van der Waals surface area (Å²) in [6.07, 6.45) is 5.52. The zero-order valence-electron chi connectivity index (χ0n) is 17.5. The van der Waals surface area contributed by atoms with Crippen molar-refractivity contribution in [1.29, 1.82) is 0 Å². The fourth-order valence-corrected chi connectivity index (χ4v) is 4.13. The van der Waals surface area contributed by atoms with E-state index in [9.17, 15) is 4.79 Å². The summed E-state index contributed by atoms with van der Waals surface area (Å²) in [5.74, 6) is 1.87. The highest BCUT2D eigenvalue weighted by Gasteiger charge is 2.28. The molecular weight excluding hydrogens is 394 g/mol. The smallest absolute Gasteiger partial charge is 0.227 e. The number of piperidine rings is 1. The SMILES string of the molecule is Cc1noc(C)c1CC(=O)N1CCC(c2nnc3ccc(-c4cccnc4)nn23)CC1. The van der Waals surface area contributed by atoms with E-state index in [2.05, 4.69) is 20.3 Å². The average Bonchev–Trinajstić information content (AvgIpc) is 3.37. The Bertz CT molecular complexity index is 1200. The minimum Gasteiger partial charge on any atom is -0.361 e. The fraction of sp³-hybridized carbons (Fsp3) is 0.364. The van der Waals surface area contributed by atoms with Crippen LogP contribution in [0.1, 0.15) is 41.6 Å². The summed E-state index contributed by atoms with van der Waals surface area (Å²) in [7, 11) is 0. The molecule has 1 aliphatic rings. The van der Waals surface area contributed by atoms with Crippen LogP contribution in [0.2, 0.25) is 0 Å². The molecule has 5 rings (SSSR count). The molecule has 0 bridgehead atoms. The Labute approximate surface area is 179 Å². The standard InChI is InChI=1S/C22H23N7O2/c1-14-18(15(2)31-27-14)12-21(30)28-10-7-16(8-11-28)22-25-24-20-6-5-19(26-29(20)22)17-4-3-9-23-13-17/h3-6,9,13,16H,7-8,10-12H2,1-2H3. The molecule has 0 radical (unpaired) electrons. The van der Waals surface area contributed by atoms with Crippen LogP contribution >= 0.6 is 0 Å². The molecule has 1 amide bonds. The van der Waals surface area contributed by atoms with Crippen molar-refractivity contribution in [2.45, 2.75) is 39.0 Å². The number of nitrogens with zero attached hydrogens (tertiary/aromatic N) is 7. The van der Waals surface area contributed by atoms with E-state index in [4.69, 9.17) is 9.62 Å². The van der Waals surface area contributed by atoms with Crippen LogP contribution < -0.4 is 0 Å². The lowest BCUT2D eigenvalue weighted by molar-refractivity contribution is -0.131. The molecule has 0 atom stereocenters. The van der Waals surface area contributed by atoms with Crippen LogP contribution in [0, 0.1) is 13.8 Å². The molecule has 4 aromatic heterocycles. The van der Waals surface area contributed by atoms with Crippen LogP contribution in [0.4, 0.5) is 0 Å². The zero-order chi connectivity index (χ0) is 21.4. The van der Waals surface area contributed by atoms with Gasteiger partial charge in [0.25, 0.3) is 0 Å². The quantitative estimate of drug-likeness (QED) is 0.503. The van der Waals surface area contributed by atoms with Gasteiger partial charge in [-0.3, -0.25) is 9.78 Å². The van der Waals surface area contributed by atoms with Crippen LogP contribution in [0.5, 0.6) is 0 Å². The van der Waals surface area contributed by atoms with Crippen molar-refractivity contribution in [1.82, 2.24) is 34.9 Å². The zero-order valence-corrected chi connectivity index (χ0v) is 17.5. The van der Waals surface area contributed by atoms with Gasteiger partial charge in [-0.25, -0.2) is 0 Å². The first-order valence-corrected chi connectivity index (χ1v) is 10.4. The van der Waals surface area contributed by atoms with Gasteiger partial charge in [-0.05, 0) is 51.0 Å². The Morgan fingerprint density at radius 1 is 1.16 bits per heavy atom. The molecule has 0 aromatic carbocycles. The van der Waals surface area contributed by atoms with Crippen LogP contribution in [0.25, 0.3) is 16.9 Å². The van der Waals surface area contributed by atoms with E-state index in [1.807, 2.05) is 47.5 Å². The van der Waals surface area contributed by atoms with E-state index in [-0.39, 0.29) is 11.8 Å². The van der Waals surface area contributed by atoms with Crippen molar-refractivity contribution in [2.24, 2.45) is 0 Å². The largest absolute Gasteiger partial charge is 0.361 e. The molecule has 0 spiro atoms. The first-order chi connectivity index (χ1) is 15.1. The van der Waals surface area contributed by atoms with Gasteiger partial charge in [0.05, 0.1) is 17.8 Å². The summed E-state index contributed by atoms with van der Waals surface area (Å²) in [5, 5.41) is 17.4. The highest BCUT2D eigenvalue weighted by atomic mass is 16.5. The molecule has 4 aromatic rings.